The number of carbonyl (C=O) groups excluding carboxylic acids is 2. The average Bonchev–Trinajstić information content (AvgIpc) is 4.25. The summed E-state index contributed by atoms with van der Waals surface area (Å²) in [6.07, 6.45) is -3.17. The molecule has 9 heterocycles. The number of piperazine rings is 2. The van der Waals surface area contributed by atoms with Crippen LogP contribution in [0, 0.1) is 22.7 Å². The minimum absolute atomic E-state index is 0.00134. The van der Waals surface area contributed by atoms with Gasteiger partial charge in [0.25, 0.3) is 0 Å². The number of nitrogens with zero attached hydrogens (tertiary/aromatic N) is 15. The zero-order valence-electron chi connectivity index (χ0n) is 46.6. The van der Waals surface area contributed by atoms with Crippen molar-refractivity contribution in [3.8, 4) is 24.2 Å². The summed E-state index contributed by atoms with van der Waals surface area (Å²) in [7, 11) is 3.98. The molecule has 6 aliphatic rings. The third kappa shape index (κ3) is 12.9. The van der Waals surface area contributed by atoms with Crippen LogP contribution in [0.4, 0.5) is 49.5 Å². The van der Waals surface area contributed by atoms with Gasteiger partial charge in [0.15, 0.2) is 0 Å². The molecule has 4 saturated heterocycles. The van der Waals surface area contributed by atoms with Gasteiger partial charge in [-0.3, -0.25) is 14.5 Å². The molecule has 4 aromatic rings. The molecule has 0 bridgehead atoms. The topological polar surface area (TPSA) is 191 Å². The molecule has 19 nitrogen and oxygen atoms in total. The quantitative estimate of drug-likeness (QED) is 0.0874. The Hall–Kier alpha value is -7.77. The Morgan fingerprint density at radius 1 is 0.687 bits per heavy atom. The second-order valence-corrected chi connectivity index (χ2v) is 22.2. The van der Waals surface area contributed by atoms with Crippen molar-refractivity contribution in [2.24, 2.45) is 0 Å². The lowest BCUT2D eigenvalue weighted by Crippen LogP contribution is -2.55. The number of likely N-dealkylation sites (N-methyl/N-ethyl adjacent to an activating group) is 2. The Kier molecular flexibility index (Phi) is 17.3. The summed E-state index contributed by atoms with van der Waals surface area (Å²) < 4.78 is 99.0. The molecular weight excluding hydrogens is 1080 g/mol. The van der Waals surface area contributed by atoms with E-state index in [1.807, 2.05) is 30.0 Å². The first-order valence-electron chi connectivity index (χ1n) is 28.1. The zero-order valence-corrected chi connectivity index (χ0v) is 46.6. The number of amides is 2. The third-order valence-corrected chi connectivity index (χ3v) is 17.1. The highest BCUT2D eigenvalue weighted by Crippen LogP contribution is 2.41. The molecule has 0 spiro atoms. The van der Waals surface area contributed by atoms with Crippen LogP contribution < -0.4 is 29.1 Å². The predicted molar refractivity (Wildman–Crippen MR) is 296 cm³/mol. The number of hydrogen-bond donors (Lipinski definition) is 0. The number of pyridine rings is 1. The molecule has 10 rings (SSSR count). The number of likely N-dealkylation sites (tertiary alicyclic amines) is 2. The fourth-order valence-corrected chi connectivity index (χ4v) is 12.7. The molecule has 1 aromatic carbocycles. The summed E-state index contributed by atoms with van der Waals surface area (Å²) in [6.45, 7) is 11.9. The van der Waals surface area contributed by atoms with Crippen LogP contribution in [0.25, 0.3) is 0 Å². The molecule has 5 atom stereocenters. The summed E-state index contributed by atoms with van der Waals surface area (Å²) in [6, 6.07) is 11.0. The van der Waals surface area contributed by atoms with Gasteiger partial charge in [-0.25, -0.2) is 4.98 Å². The normalized spacial score (nSPS) is 22.4. The molecule has 83 heavy (non-hydrogen) atoms. The SMILES string of the molecule is C=CC(=O)N1CCN(c2nc(OC[C@@H]3CCCN3C)nc3c2CCN(c2cc(C4C[C@@H](COc5nc6c(c(N7CCN(C(=O)C=C)C(CC#N)C7)n5)CCN(c5ncccc5C(F)(F)F)C6)N(C)C4)ccc2CC(F)(F)F)C3)CC1CC#N. The summed E-state index contributed by atoms with van der Waals surface area (Å²) in [5.74, 6) is 0.213. The van der Waals surface area contributed by atoms with E-state index in [4.69, 9.17) is 29.4 Å². The molecule has 4 fully saturated rings. The molecule has 2 amide bonds. The van der Waals surface area contributed by atoms with Gasteiger partial charge in [-0.1, -0.05) is 25.3 Å². The van der Waals surface area contributed by atoms with Crippen molar-refractivity contribution < 1.29 is 45.4 Å². The largest absolute Gasteiger partial charge is 0.462 e. The fraction of sp³-hybridized carbons (Fsp3) is 0.534. The van der Waals surface area contributed by atoms with E-state index >= 15 is 0 Å². The van der Waals surface area contributed by atoms with Crippen molar-refractivity contribution in [1.82, 2.24) is 44.5 Å². The van der Waals surface area contributed by atoms with Crippen LogP contribution in [0.3, 0.4) is 0 Å². The Bertz CT molecular complexity index is 3170. The lowest BCUT2D eigenvalue weighted by molar-refractivity contribution is -0.137. The van der Waals surface area contributed by atoms with Crippen molar-refractivity contribution in [3.05, 3.63) is 101 Å². The first-order chi connectivity index (χ1) is 39.8. The first-order valence-corrected chi connectivity index (χ1v) is 28.1. The van der Waals surface area contributed by atoms with Gasteiger partial charge in [0.05, 0.1) is 73.5 Å². The van der Waals surface area contributed by atoms with E-state index in [0.29, 0.717) is 93.0 Å². The van der Waals surface area contributed by atoms with E-state index < -0.39 is 36.4 Å². The highest BCUT2D eigenvalue weighted by Gasteiger charge is 2.41. The van der Waals surface area contributed by atoms with Gasteiger partial charge in [-0.15, -0.1) is 0 Å². The van der Waals surface area contributed by atoms with Gasteiger partial charge in [0.1, 0.15) is 30.7 Å². The number of ether oxygens (including phenoxy) is 2. The number of aromatic nitrogens is 5. The summed E-state index contributed by atoms with van der Waals surface area (Å²) in [5, 5.41) is 19.5. The van der Waals surface area contributed by atoms with Crippen LogP contribution in [0.1, 0.15) is 77.2 Å². The number of hydrogen-bond acceptors (Lipinski definition) is 17. The van der Waals surface area contributed by atoms with Gasteiger partial charge in [-0.2, -0.15) is 56.8 Å². The molecule has 0 N–H and O–H groups in total. The lowest BCUT2D eigenvalue weighted by Gasteiger charge is -2.42. The number of anilines is 4. The first kappa shape index (κ1) is 58.4. The summed E-state index contributed by atoms with van der Waals surface area (Å²) in [4.78, 5) is 64.6. The maximum absolute atomic E-state index is 14.5. The number of benzene rings is 1. The van der Waals surface area contributed by atoms with Crippen LogP contribution in [0.15, 0.2) is 61.8 Å². The Morgan fingerprint density at radius 3 is 1.81 bits per heavy atom. The Morgan fingerprint density at radius 2 is 1.27 bits per heavy atom. The molecular formula is C58H67F6N15O4. The highest BCUT2D eigenvalue weighted by atomic mass is 19.4. The molecule has 3 aromatic heterocycles. The lowest BCUT2D eigenvalue weighted by atomic mass is 9.93. The predicted octanol–water partition coefficient (Wildman–Crippen LogP) is 6.48. The second kappa shape index (κ2) is 24.6. The van der Waals surface area contributed by atoms with Crippen molar-refractivity contribution >= 4 is 35.0 Å². The maximum atomic E-state index is 14.5. The highest BCUT2D eigenvalue weighted by molar-refractivity contribution is 5.88. The van der Waals surface area contributed by atoms with E-state index in [0.717, 1.165) is 36.6 Å². The van der Waals surface area contributed by atoms with Gasteiger partial charge in [0.2, 0.25) is 11.8 Å². The molecule has 0 saturated carbocycles. The fourth-order valence-electron chi connectivity index (χ4n) is 12.7. The zero-order chi connectivity index (χ0) is 58.7. The van der Waals surface area contributed by atoms with Gasteiger partial charge in [0, 0.05) is 94.0 Å². The number of halogens is 6. The van der Waals surface area contributed by atoms with Gasteiger partial charge >= 0.3 is 24.4 Å². The Balaban J connectivity index is 0.908. The molecule has 440 valence electrons. The van der Waals surface area contributed by atoms with Crippen LogP contribution in [0.2, 0.25) is 0 Å². The van der Waals surface area contributed by atoms with Crippen LogP contribution in [0.5, 0.6) is 12.0 Å². The van der Waals surface area contributed by atoms with E-state index in [9.17, 15) is 46.5 Å². The van der Waals surface area contributed by atoms with Gasteiger partial charge in [-0.05, 0) is 100 Å². The third-order valence-electron chi connectivity index (χ3n) is 17.1. The summed E-state index contributed by atoms with van der Waals surface area (Å²) >= 11 is 0. The maximum Gasteiger partial charge on any atom is 0.419 e. The van der Waals surface area contributed by atoms with Crippen LogP contribution in [-0.2, 0) is 48.1 Å². The van der Waals surface area contributed by atoms with Crippen LogP contribution in [-0.4, -0.2) is 179 Å². The molecule has 6 aliphatic heterocycles. The molecule has 3 unspecified atom stereocenters. The second-order valence-electron chi connectivity index (χ2n) is 22.2. The number of alkyl halides is 6. The van der Waals surface area contributed by atoms with E-state index in [1.54, 1.807) is 21.9 Å². The Labute approximate surface area is 478 Å². The molecule has 0 aliphatic carbocycles. The average molecular weight is 1150 g/mol. The number of rotatable bonds is 16. The minimum atomic E-state index is -4.66. The summed E-state index contributed by atoms with van der Waals surface area (Å²) in [5.41, 5.74) is 3.16. The standard InChI is InChI=1S/C58H67F6N15O4/c1-5-50(80)78-25-23-76(31-40(78)13-17-65)52-44-15-21-74(33-47(44)68-55(70-52)82-35-42-9-8-20-72(42)3)49-28-37(11-12-38(49)29-57(59,60)61)39-27-43(73(4)30-39)36-83-56-69-48-34-75(54-46(58(62,63)64)10-7-19-67-54)22-16-45(48)53(71-56)77-24-26-79(51(81)6-2)41(32-77)14-18-66/h5-7,10-12,19,28,39-43H,1-2,8-9,13-16,20-27,29-36H2,3-4H3/t39?,40?,41?,42-,43-/m0/s1. The monoisotopic (exact) mass is 1150 g/mol. The van der Waals surface area contributed by atoms with Crippen molar-refractivity contribution in [3.63, 3.8) is 0 Å². The van der Waals surface area contributed by atoms with Crippen molar-refractivity contribution in [2.45, 2.75) is 107 Å². The molecule has 0 radical (unpaired) electrons. The van der Waals surface area contributed by atoms with E-state index in [1.165, 1.54) is 29.3 Å². The van der Waals surface area contributed by atoms with E-state index in [-0.39, 0.29) is 112 Å². The smallest absolute Gasteiger partial charge is 0.419 e. The van der Waals surface area contributed by atoms with Crippen molar-refractivity contribution in [1.29, 1.82) is 10.5 Å². The minimum Gasteiger partial charge on any atom is -0.462 e. The van der Waals surface area contributed by atoms with Crippen LogP contribution >= 0.6 is 0 Å². The van der Waals surface area contributed by atoms with Gasteiger partial charge < -0.3 is 43.8 Å². The van der Waals surface area contributed by atoms with Crippen molar-refractivity contribution in [2.75, 3.05) is 112 Å². The number of nitriles is 2. The molecule has 25 heteroatoms. The van der Waals surface area contributed by atoms with E-state index in [2.05, 4.69) is 45.0 Å². The number of fused-ring (bicyclic) bond motifs is 2. The number of carbonyl (C=O) groups is 2.